The van der Waals surface area contributed by atoms with Gasteiger partial charge in [-0.05, 0) is 49.9 Å². The third-order valence-electron chi connectivity index (χ3n) is 4.21. The molecule has 0 aliphatic heterocycles. The van der Waals surface area contributed by atoms with Crippen LogP contribution in [0.4, 0.5) is 0 Å². The van der Waals surface area contributed by atoms with Gasteiger partial charge in [0.05, 0.1) is 0 Å². The van der Waals surface area contributed by atoms with Crippen LogP contribution in [-0.2, 0) is 0 Å². The van der Waals surface area contributed by atoms with Crippen molar-refractivity contribution in [3.05, 3.63) is 35.4 Å². The molecule has 0 bridgehead atoms. The smallest absolute Gasteiger partial charge is 0.0467 e. The van der Waals surface area contributed by atoms with E-state index in [0.29, 0.717) is 12.6 Å². The lowest BCUT2D eigenvalue weighted by atomic mass is 10.0. The molecule has 0 radical (unpaired) electrons. The SMILES string of the molecule is CCCCCN(C)C(CN)c1cccc(C2CC2)c1. The molecule has 1 fully saturated rings. The first-order valence-electron chi connectivity index (χ1n) is 7.76. The summed E-state index contributed by atoms with van der Waals surface area (Å²) in [7, 11) is 2.21. The highest BCUT2D eigenvalue weighted by atomic mass is 15.1. The van der Waals surface area contributed by atoms with Gasteiger partial charge in [0.1, 0.15) is 0 Å². The minimum absolute atomic E-state index is 0.371. The Balaban J connectivity index is 2.01. The van der Waals surface area contributed by atoms with Crippen LogP contribution in [0.3, 0.4) is 0 Å². The Morgan fingerprint density at radius 3 is 2.74 bits per heavy atom. The van der Waals surface area contributed by atoms with Crippen molar-refractivity contribution in [2.45, 2.75) is 51.0 Å². The lowest BCUT2D eigenvalue weighted by Crippen LogP contribution is -2.31. The van der Waals surface area contributed by atoms with Gasteiger partial charge in [-0.3, -0.25) is 4.90 Å². The predicted molar refractivity (Wildman–Crippen MR) is 82.4 cm³/mol. The summed E-state index contributed by atoms with van der Waals surface area (Å²) in [4.78, 5) is 2.42. The van der Waals surface area contributed by atoms with Crippen LogP contribution >= 0.6 is 0 Å². The van der Waals surface area contributed by atoms with E-state index in [4.69, 9.17) is 5.73 Å². The van der Waals surface area contributed by atoms with Gasteiger partial charge in [-0.1, -0.05) is 44.0 Å². The second-order valence-electron chi connectivity index (χ2n) is 5.88. The fraction of sp³-hybridized carbons (Fsp3) is 0.647. The molecule has 0 spiro atoms. The summed E-state index contributed by atoms with van der Waals surface area (Å²) in [6.07, 6.45) is 6.58. The number of likely N-dealkylation sites (N-methyl/N-ethyl adjacent to an activating group) is 1. The highest BCUT2D eigenvalue weighted by Gasteiger charge is 2.24. The average Bonchev–Trinajstić information content (AvgIpc) is 3.25. The molecule has 1 unspecified atom stereocenters. The standard InChI is InChI=1S/C17H28N2/c1-3-4-5-11-19(2)17(13-18)16-8-6-7-15(12-16)14-9-10-14/h6-8,12,14,17H,3-5,9-11,13,18H2,1-2H3. The van der Waals surface area contributed by atoms with Gasteiger partial charge in [0.25, 0.3) is 0 Å². The molecule has 2 rings (SSSR count). The summed E-state index contributed by atoms with van der Waals surface area (Å²) < 4.78 is 0. The molecule has 106 valence electrons. The second kappa shape index (κ2) is 7.06. The van der Waals surface area contributed by atoms with E-state index in [2.05, 4.69) is 43.1 Å². The Bertz CT molecular complexity index is 385. The first kappa shape index (κ1) is 14.5. The van der Waals surface area contributed by atoms with Crippen molar-refractivity contribution in [3.8, 4) is 0 Å². The van der Waals surface area contributed by atoms with Crippen molar-refractivity contribution in [2.24, 2.45) is 5.73 Å². The zero-order chi connectivity index (χ0) is 13.7. The molecule has 2 heteroatoms. The van der Waals surface area contributed by atoms with E-state index in [-0.39, 0.29) is 0 Å². The van der Waals surface area contributed by atoms with Gasteiger partial charge in [-0.2, -0.15) is 0 Å². The Morgan fingerprint density at radius 1 is 1.32 bits per heavy atom. The molecule has 19 heavy (non-hydrogen) atoms. The molecular formula is C17H28N2. The van der Waals surface area contributed by atoms with Crippen LogP contribution in [-0.4, -0.2) is 25.0 Å². The van der Waals surface area contributed by atoms with Crippen molar-refractivity contribution in [1.29, 1.82) is 0 Å². The maximum absolute atomic E-state index is 6.01. The summed E-state index contributed by atoms with van der Waals surface area (Å²) in [6.45, 7) is 4.10. The predicted octanol–water partition coefficient (Wildman–Crippen LogP) is 3.69. The molecule has 2 nitrogen and oxygen atoms in total. The van der Waals surface area contributed by atoms with Crippen LogP contribution in [0.15, 0.2) is 24.3 Å². The van der Waals surface area contributed by atoms with Gasteiger partial charge < -0.3 is 5.73 Å². The maximum Gasteiger partial charge on any atom is 0.0467 e. The number of unbranched alkanes of at least 4 members (excludes halogenated alkanes) is 2. The molecule has 1 atom stereocenters. The van der Waals surface area contributed by atoms with Crippen LogP contribution in [0.2, 0.25) is 0 Å². The van der Waals surface area contributed by atoms with Crippen LogP contribution < -0.4 is 5.73 Å². The Morgan fingerprint density at radius 2 is 2.11 bits per heavy atom. The summed E-state index contributed by atoms with van der Waals surface area (Å²) >= 11 is 0. The summed E-state index contributed by atoms with van der Waals surface area (Å²) in [5.74, 6) is 0.823. The fourth-order valence-corrected chi connectivity index (χ4v) is 2.77. The van der Waals surface area contributed by atoms with Crippen molar-refractivity contribution in [1.82, 2.24) is 4.90 Å². The highest BCUT2D eigenvalue weighted by molar-refractivity contribution is 5.31. The molecule has 1 aliphatic rings. The number of rotatable bonds is 8. The number of nitrogens with two attached hydrogens (primary N) is 1. The van der Waals surface area contributed by atoms with Crippen LogP contribution in [0.25, 0.3) is 0 Å². The summed E-state index contributed by atoms with van der Waals surface area (Å²) in [5, 5.41) is 0. The normalized spacial score (nSPS) is 16.8. The van der Waals surface area contributed by atoms with Crippen LogP contribution in [0.5, 0.6) is 0 Å². The van der Waals surface area contributed by atoms with Crippen molar-refractivity contribution in [3.63, 3.8) is 0 Å². The zero-order valence-corrected chi connectivity index (χ0v) is 12.4. The number of nitrogens with zero attached hydrogens (tertiary/aromatic N) is 1. The summed E-state index contributed by atoms with van der Waals surface area (Å²) in [6, 6.07) is 9.46. The number of hydrogen-bond donors (Lipinski definition) is 1. The minimum Gasteiger partial charge on any atom is -0.329 e. The van der Waals surface area contributed by atoms with Gasteiger partial charge in [-0.15, -0.1) is 0 Å². The third-order valence-corrected chi connectivity index (χ3v) is 4.21. The number of hydrogen-bond acceptors (Lipinski definition) is 2. The lowest BCUT2D eigenvalue weighted by molar-refractivity contribution is 0.245. The third kappa shape index (κ3) is 4.05. The van der Waals surface area contributed by atoms with E-state index in [9.17, 15) is 0 Å². The van der Waals surface area contributed by atoms with E-state index >= 15 is 0 Å². The molecule has 1 aromatic carbocycles. The largest absolute Gasteiger partial charge is 0.329 e. The first-order valence-corrected chi connectivity index (χ1v) is 7.76. The number of benzene rings is 1. The molecule has 0 amide bonds. The van der Waals surface area contributed by atoms with E-state index in [1.807, 2.05) is 0 Å². The topological polar surface area (TPSA) is 29.3 Å². The van der Waals surface area contributed by atoms with Crippen LogP contribution in [0.1, 0.15) is 62.1 Å². The van der Waals surface area contributed by atoms with Crippen molar-refractivity contribution in [2.75, 3.05) is 20.1 Å². The van der Waals surface area contributed by atoms with Crippen molar-refractivity contribution >= 4 is 0 Å². The molecule has 1 aromatic rings. The summed E-state index contributed by atoms with van der Waals surface area (Å²) in [5.41, 5.74) is 8.92. The van der Waals surface area contributed by atoms with E-state index < -0.39 is 0 Å². The molecular weight excluding hydrogens is 232 g/mol. The van der Waals surface area contributed by atoms with Gasteiger partial charge in [-0.25, -0.2) is 0 Å². The van der Waals surface area contributed by atoms with E-state index in [0.717, 1.165) is 12.5 Å². The van der Waals surface area contributed by atoms with E-state index in [1.54, 1.807) is 0 Å². The maximum atomic E-state index is 6.01. The van der Waals surface area contributed by atoms with E-state index in [1.165, 1.54) is 43.2 Å². The second-order valence-corrected chi connectivity index (χ2v) is 5.88. The van der Waals surface area contributed by atoms with Gasteiger partial charge >= 0.3 is 0 Å². The van der Waals surface area contributed by atoms with Gasteiger partial charge in [0.2, 0.25) is 0 Å². The Hall–Kier alpha value is -0.860. The van der Waals surface area contributed by atoms with Gasteiger partial charge in [0, 0.05) is 12.6 Å². The first-order chi connectivity index (χ1) is 9.26. The lowest BCUT2D eigenvalue weighted by Gasteiger charge is -2.27. The molecule has 1 aliphatic carbocycles. The molecule has 1 saturated carbocycles. The zero-order valence-electron chi connectivity index (χ0n) is 12.4. The Kier molecular flexibility index (Phi) is 5.41. The Labute approximate surface area is 118 Å². The van der Waals surface area contributed by atoms with Crippen molar-refractivity contribution < 1.29 is 0 Å². The molecule has 0 heterocycles. The minimum atomic E-state index is 0.371. The highest BCUT2D eigenvalue weighted by Crippen LogP contribution is 2.40. The monoisotopic (exact) mass is 260 g/mol. The molecule has 2 N–H and O–H groups in total. The molecule has 0 saturated heterocycles. The van der Waals surface area contributed by atoms with Crippen LogP contribution in [0, 0.1) is 0 Å². The molecule has 0 aromatic heterocycles. The fourth-order valence-electron chi connectivity index (χ4n) is 2.77. The average molecular weight is 260 g/mol. The van der Waals surface area contributed by atoms with Gasteiger partial charge in [0.15, 0.2) is 0 Å². The quantitative estimate of drug-likeness (QED) is 0.722.